The molecule has 1 fully saturated rings. The molecule has 1 unspecified atom stereocenters. The molecule has 1 saturated heterocycles. The van der Waals surface area contributed by atoms with Gasteiger partial charge in [-0.3, -0.25) is 4.79 Å². The van der Waals surface area contributed by atoms with Crippen LogP contribution in [0.5, 0.6) is 5.75 Å². The Morgan fingerprint density at radius 2 is 1.56 bits per heavy atom. The zero-order valence-electron chi connectivity index (χ0n) is 26.6. The summed E-state index contributed by atoms with van der Waals surface area (Å²) in [5.74, 6) is -1.24. The number of nitrogens with one attached hydrogen (secondary N) is 1. The van der Waals surface area contributed by atoms with Crippen molar-refractivity contribution in [3.05, 3.63) is 101 Å². The van der Waals surface area contributed by atoms with E-state index in [0.29, 0.717) is 18.6 Å². The van der Waals surface area contributed by atoms with Crippen molar-refractivity contribution in [2.45, 2.75) is 85.3 Å². The minimum atomic E-state index is -1.10. The van der Waals surface area contributed by atoms with E-state index in [1.807, 2.05) is 82.3 Å². The third kappa shape index (κ3) is 7.53. The molecule has 1 heterocycles. The molecule has 0 radical (unpaired) electrons. The van der Waals surface area contributed by atoms with E-state index >= 15 is 0 Å². The number of carbonyl (C=O) groups excluding carboxylic acids is 4. The average Bonchev–Trinajstić information content (AvgIpc) is 3.05. The smallest absolute Gasteiger partial charge is 0.347 e. The fraction of sp³-hybridized carbons (Fsp3) is 0.389. The van der Waals surface area contributed by atoms with Crippen LogP contribution < -0.4 is 10.1 Å². The standard InChI is InChI=1S/C36H42N2O7/c1-6-12-30(27-17-15-24(4)16-18-27)37-35(42)38-33(41)36(7-2,8-3)34(38)45-29-21-19-28(20-22-29)32(40)44-25(5)31(39)43-23-26-13-10-9-11-14-26/h9-11,13-22,25,30,34H,6-8,12,23H2,1-5H3,(H,37,42)/t25?,30-,34-/m0/s1. The van der Waals surface area contributed by atoms with Crippen LogP contribution in [0.15, 0.2) is 78.9 Å². The van der Waals surface area contributed by atoms with Gasteiger partial charge in [0.15, 0.2) is 12.3 Å². The number of rotatable bonds is 13. The molecule has 238 valence electrons. The van der Waals surface area contributed by atoms with Crippen molar-refractivity contribution in [2.75, 3.05) is 0 Å². The number of hydrogen-bond donors (Lipinski definition) is 1. The molecule has 9 heteroatoms. The molecule has 4 rings (SSSR count). The lowest BCUT2D eigenvalue weighted by Gasteiger charge is -2.53. The van der Waals surface area contributed by atoms with Gasteiger partial charge in [0.25, 0.3) is 0 Å². The molecule has 0 bridgehead atoms. The number of esters is 2. The van der Waals surface area contributed by atoms with Gasteiger partial charge in [0, 0.05) is 0 Å². The second-order valence-corrected chi connectivity index (χ2v) is 11.4. The molecule has 1 N–H and O–H groups in total. The van der Waals surface area contributed by atoms with Crippen molar-refractivity contribution in [1.29, 1.82) is 0 Å². The van der Waals surface area contributed by atoms with Gasteiger partial charge in [0.2, 0.25) is 5.91 Å². The highest BCUT2D eigenvalue weighted by molar-refractivity contribution is 6.03. The molecule has 0 aliphatic carbocycles. The fourth-order valence-corrected chi connectivity index (χ4v) is 5.45. The Labute approximate surface area is 264 Å². The van der Waals surface area contributed by atoms with Crippen LogP contribution in [0.1, 0.15) is 86.5 Å². The van der Waals surface area contributed by atoms with Crippen LogP contribution in [0.25, 0.3) is 0 Å². The Balaban J connectivity index is 1.41. The first-order chi connectivity index (χ1) is 21.6. The normalized spacial score (nSPS) is 16.6. The second kappa shape index (κ2) is 14.9. The molecule has 45 heavy (non-hydrogen) atoms. The number of urea groups is 1. The molecule has 1 aliphatic heterocycles. The minimum absolute atomic E-state index is 0.0779. The molecular weight excluding hydrogens is 572 g/mol. The number of ether oxygens (including phenoxy) is 3. The lowest BCUT2D eigenvalue weighted by atomic mass is 9.72. The minimum Gasteiger partial charge on any atom is -0.469 e. The maximum atomic E-state index is 13.5. The molecule has 3 aromatic rings. The van der Waals surface area contributed by atoms with Gasteiger partial charge in [-0.1, -0.05) is 87.4 Å². The van der Waals surface area contributed by atoms with E-state index < -0.39 is 35.7 Å². The summed E-state index contributed by atoms with van der Waals surface area (Å²) < 4.78 is 16.8. The molecule has 0 aromatic heterocycles. The van der Waals surface area contributed by atoms with Gasteiger partial charge in [-0.05, 0) is 68.5 Å². The maximum Gasteiger partial charge on any atom is 0.347 e. The van der Waals surface area contributed by atoms with E-state index in [-0.39, 0.29) is 24.1 Å². The van der Waals surface area contributed by atoms with Gasteiger partial charge in [-0.15, -0.1) is 0 Å². The highest BCUT2D eigenvalue weighted by atomic mass is 16.6. The maximum absolute atomic E-state index is 13.5. The molecule has 3 atom stereocenters. The first-order valence-electron chi connectivity index (χ1n) is 15.5. The van der Waals surface area contributed by atoms with E-state index in [9.17, 15) is 19.2 Å². The number of nitrogens with zero attached hydrogens (tertiary/aromatic N) is 1. The van der Waals surface area contributed by atoms with E-state index in [4.69, 9.17) is 14.2 Å². The van der Waals surface area contributed by atoms with Gasteiger partial charge in [0.1, 0.15) is 17.8 Å². The van der Waals surface area contributed by atoms with Crippen LogP contribution >= 0.6 is 0 Å². The van der Waals surface area contributed by atoms with Crippen LogP contribution in [-0.4, -0.2) is 41.1 Å². The monoisotopic (exact) mass is 614 g/mol. The average molecular weight is 615 g/mol. The van der Waals surface area contributed by atoms with E-state index in [1.54, 1.807) is 12.1 Å². The summed E-state index contributed by atoms with van der Waals surface area (Å²) in [5.41, 5.74) is 2.28. The number of amides is 3. The van der Waals surface area contributed by atoms with Gasteiger partial charge in [-0.25, -0.2) is 19.3 Å². The lowest BCUT2D eigenvalue weighted by molar-refractivity contribution is -0.191. The van der Waals surface area contributed by atoms with Crippen LogP contribution in [0.4, 0.5) is 4.79 Å². The number of β-lactam (4-membered cyclic amide) rings is 1. The summed E-state index contributed by atoms with van der Waals surface area (Å²) in [4.78, 5) is 53.2. The van der Waals surface area contributed by atoms with Crippen LogP contribution in [-0.2, 0) is 25.7 Å². The van der Waals surface area contributed by atoms with Crippen molar-refractivity contribution >= 4 is 23.9 Å². The zero-order valence-corrected chi connectivity index (χ0v) is 26.6. The van der Waals surface area contributed by atoms with Crippen molar-refractivity contribution in [1.82, 2.24) is 10.2 Å². The van der Waals surface area contributed by atoms with Crippen LogP contribution in [0.2, 0.25) is 0 Å². The van der Waals surface area contributed by atoms with Crippen molar-refractivity contribution in [3.8, 4) is 5.75 Å². The second-order valence-electron chi connectivity index (χ2n) is 11.4. The van der Waals surface area contributed by atoms with Crippen molar-refractivity contribution in [3.63, 3.8) is 0 Å². The highest BCUT2D eigenvalue weighted by Crippen LogP contribution is 2.46. The van der Waals surface area contributed by atoms with Crippen LogP contribution in [0, 0.1) is 12.3 Å². The summed E-state index contributed by atoms with van der Waals surface area (Å²) >= 11 is 0. The summed E-state index contributed by atoms with van der Waals surface area (Å²) in [6, 6.07) is 22.6. The summed E-state index contributed by atoms with van der Waals surface area (Å²) in [7, 11) is 0. The summed E-state index contributed by atoms with van der Waals surface area (Å²) in [6.45, 7) is 9.40. The predicted octanol–water partition coefficient (Wildman–Crippen LogP) is 6.89. The molecular formula is C36H42N2O7. The molecule has 3 aromatic carbocycles. The van der Waals surface area contributed by atoms with Gasteiger partial charge >= 0.3 is 18.0 Å². The number of hydrogen-bond acceptors (Lipinski definition) is 7. The Bertz CT molecular complexity index is 1470. The summed E-state index contributed by atoms with van der Waals surface area (Å²) in [5, 5.41) is 3.04. The molecule has 1 aliphatic rings. The fourth-order valence-electron chi connectivity index (χ4n) is 5.45. The predicted molar refractivity (Wildman–Crippen MR) is 169 cm³/mol. The van der Waals surface area contributed by atoms with Gasteiger partial charge in [-0.2, -0.15) is 0 Å². The third-order valence-electron chi connectivity index (χ3n) is 8.36. The van der Waals surface area contributed by atoms with E-state index in [1.165, 1.54) is 19.1 Å². The number of likely N-dealkylation sites (tertiary alicyclic amines) is 1. The Morgan fingerprint density at radius 3 is 2.16 bits per heavy atom. The van der Waals surface area contributed by atoms with Gasteiger partial charge < -0.3 is 19.5 Å². The zero-order chi connectivity index (χ0) is 32.6. The molecule has 0 spiro atoms. The van der Waals surface area contributed by atoms with Crippen LogP contribution in [0.3, 0.4) is 0 Å². The first-order valence-corrected chi connectivity index (χ1v) is 15.5. The molecule has 9 nitrogen and oxygen atoms in total. The Morgan fingerprint density at radius 1 is 0.911 bits per heavy atom. The SMILES string of the molecule is CCC[C@H](NC(=O)N1C(=O)C(CC)(CC)[C@@H]1Oc1ccc(C(=O)OC(C)C(=O)OCc2ccccc2)cc1)c1ccc(C)cc1. The number of aryl methyl sites for hydroxylation is 1. The quantitative estimate of drug-likeness (QED) is 0.165. The number of carbonyl (C=O) groups is 4. The topological polar surface area (TPSA) is 111 Å². The Kier molecular flexibility index (Phi) is 11.0. The van der Waals surface area contributed by atoms with Gasteiger partial charge in [0.05, 0.1) is 11.6 Å². The van der Waals surface area contributed by atoms with E-state index in [0.717, 1.165) is 34.4 Å². The molecule has 0 saturated carbocycles. The third-order valence-corrected chi connectivity index (χ3v) is 8.36. The lowest BCUT2D eigenvalue weighted by Crippen LogP contribution is -2.73. The van der Waals surface area contributed by atoms with Crippen molar-refractivity contribution in [2.24, 2.45) is 5.41 Å². The van der Waals surface area contributed by atoms with Crippen molar-refractivity contribution < 1.29 is 33.4 Å². The Hall–Kier alpha value is -4.66. The van der Waals surface area contributed by atoms with E-state index in [2.05, 4.69) is 5.32 Å². The summed E-state index contributed by atoms with van der Waals surface area (Å²) in [6.07, 6.45) is 0.638. The largest absolute Gasteiger partial charge is 0.469 e. The number of imide groups is 1. The first kappa shape index (κ1) is 33.2. The molecule has 3 amide bonds. The highest BCUT2D eigenvalue weighted by Gasteiger charge is 2.63. The number of benzene rings is 3.